The summed E-state index contributed by atoms with van der Waals surface area (Å²) >= 11 is 0. The zero-order chi connectivity index (χ0) is 23.9. The van der Waals surface area contributed by atoms with Gasteiger partial charge in [0.25, 0.3) is 21.3 Å². The Bertz CT molecular complexity index is 1160. The van der Waals surface area contributed by atoms with Crippen LogP contribution < -0.4 is 19.6 Å². The molecule has 1 aromatic carbocycles. The molecule has 19 heteroatoms. The third-order valence-electron chi connectivity index (χ3n) is 4.23. The third kappa shape index (κ3) is 6.29. The number of rotatable bonds is 9. The van der Waals surface area contributed by atoms with E-state index < -0.39 is 53.4 Å². The van der Waals surface area contributed by atoms with Crippen molar-refractivity contribution in [2.24, 2.45) is 0 Å². The lowest BCUT2D eigenvalue weighted by Crippen LogP contribution is -2.27. The number of nitrogens with zero attached hydrogens (tertiary/aromatic N) is 2. The molecule has 5 atom stereocenters. The molecule has 2 heterocycles. The van der Waals surface area contributed by atoms with E-state index >= 15 is 0 Å². The topological polar surface area (TPSA) is 249 Å². The highest BCUT2D eigenvalue weighted by molar-refractivity contribution is 7.64. The van der Waals surface area contributed by atoms with E-state index in [0.717, 1.165) is 0 Å². The molecule has 16 nitrogen and oxygen atoms in total. The first-order valence-corrected chi connectivity index (χ1v) is 12.8. The van der Waals surface area contributed by atoms with Crippen molar-refractivity contribution in [2.45, 2.75) is 24.9 Å². The molecular formula is C13H13N2O14P3-4. The van der Waals surface area contributed by atoms with Crippen LogP contribution in [-0.4, -0.2) is 33.4 Å². The van der Waals surface area contributed by atoms with Crippen LogP contribution in [0.4, 0.5) is 5.69 Å². The number of aliphatic hydroxyl groups is 1. The number of phosphoric acid groups is 3. The minimum atomic E-state index is -6.11. The number of aliphatic hydroxyl groups excluding tert-OH is 1. The molecule has 1 aromatic heterocycles. The second kappa shape index (κ2) is 9.03. The maximum absolute atomic E-state index is 11.6. The minimum Gasteiger partial charge on any atom is -0.790 e. The fourth-order valence-corrected chi connectivity index (χ4v) is 5.87. The largest absolute Gasteiger partial charge is 0.790 e. The molecule has 1 aliphatic heterocycles. The van der Waals surface area contributed by atoms with Crippen molar-refractivity contribution in [3.63, 3.8) is 0 Å². The fraction of sp³-hybridized carbons (Fsp3) is 0.385. The molecule has 0 aliphatic carbocycles. The van der Waals surface area contributed by atoms with E-state index in [0.29, 0.717) is 10.9 Å². The van der Waals surface area contributed by atoms with E-state index in [-0.39, 0.29) is 12.1 Å². The average Bonchev–Trinajstić information content (AvgIpc) is 3.19. The van der Waals surface area contributed by atoms with Crippen molar-refractivity contribution in [3.8, 4) is 0 Å². The van der Waals surface area contributed by atoms with Crippen LogP contribution in [-0.2, 0) is 31.6 Å². The van der Waals surface area contributed by atoms with E-state index in [1.165, 1.54) is 29.0 Å². The van der Waals surface area contributed by atoms with Gasteiger partial charge in [0.1, 0.15) is 12.3 Å². The smallest absolute Gasteiger partial charge is 0.278 e. The van der Waals surface area contributed by atoms with Crippen LogP contribution >= 0.6 is 23.5 Å². The number of hydrogen-bond acceptors (Lipinski definition) is 14. The van der Waals surface area contributed by atoms with Crippen molar-refractivity contribution in [3.05, 3.63) is 40.6 Å². The molecule has 178 valence electrons. The number of benzene rings is 1. The quantitative estimate of drug-likeness (QED) is 0.240. The summed E-state index contributed by atoms with van der Waals surface area (Å²) in [4.78, 5) is 53.7. The highest BCUT2D eigenvalue weighted by Gasteiger charge is 2.36. The zero-order valence-corrected chi connectivity index (χ0v) is 18.2. The van der Waals surface area contributed by atoms with Crippen LogP contribution in [0, 0.1) is 10.1 Å². The van der Waals surface area contributed by atoms with Crippen molar-refractivity contribution in [1.29, 1.82) is 0 Å². The highest BCUT2D eigenvalue weighted by atomic mass is 31.3. The Balaban J connectivity index is 1.65. The molecule has 0 saturated carbocycles. The van der Waals surface area contributed by atoms with Gasteiger partial charge >= 0.3 is 0 Å². The first kappa shape index (κ1) is 25.1. The van der Waals surface area contributed by atoms with Gasteiger partial charge in [-0.05, 0) is 12.1 Å². The molecule has 1 fully saturated rings. The molecule has 0 radical (unpaired) electrons. The molecule has 32 heavy (non-hydrogen) atoms. The molecule has 1 saturated heterocycles. The average molecular weight is 514 g/mol. The number of hydrogen-bond donors (Lipinski definition) is 1. The lowest BCUT2D eigenvalue weighted by atomic mass is 10.2. The van der Waals surface area contributed by atoms with Gasteiger partial charge in [0.05, 0.1) is 31.0 Å². The number of nitro benzene ring substituents is 1. The maximum atomic E-state index is 11.6. The van der Waals surface area contributed by atoms with E-state index in [4.69, 9.17) is 4.74 Å². The predicted molar refractivity (Wildman–Crippen MR) is 94.1 cm³/mol. The van der Waals surface area contributed by atoms with Crippen molar-refractivity contribution >= 4 is 40.1 Å². The van der Waals surface area contributed by atoms with Gasteiger partial charge in [-0.2, -0.15) is 0 Å². The van der Waals surface area contributed by atoms with Crippen LogP contribution in [0.5, 0.6) is 0 Å². The van der Waals surface area contributed by atoms with Crippen LogP contribution in [0.3, 0.4) is 0 Å². The zero-order valence-electron chi connectivity index (χ0n) is 15.5. The van der Waals surface area contributed by atoms with Gasteiger partial charge in [-0.1, -0.05) is 0 Å². The van der Waals surface area contributed by atoms with Crippen LogP contribution in [0.1, 0.15) is 12.6 Å². The Kier molecular flexibility index (Phi) is 7.09. The normalized spacial score (nSPS) is 25.5. The molecule has 0 amide bonds. The van der Waals surface area contributed by atoms with Crippen molar-refractivity contribution < 1.29 is 61.2 Å². The summed E-state index contributed by atoms with van der Waals surface area (Å²) in [6.07, 6.45) is -1.89. The Hall–Kier alpha value is -1.51. The third-order valence-corrected chi connectivity index (χ3v) is 7.89. The summed E-state index contributed by atoms with van der Waals surface area (Å²) in [6, 6.07) is 5.62. The van der Waals surface area contributed by atoms with E-state index in [2.05, 4.69) is 13.1 Å². The van der Waals surface area contributed by atoms with Gasteiger partial charge in [0.2, 0.25) is 0 Å². The summed E-state index contributed by atoms with van der Waals surface area (Å²) < 4.78 is 50.9. The lowest BCUT2D eigenvalue weighted by Gasteiger charge is -2.37. The SMILES string of the molecule is O=[N+]([O-])c1ccc2c(ccn2C2CC(O)C(COP(=O)([O-])OP(=O)([O-])OP(=O)([O-])[O-])O2)c1. The first-order chi connectivity index (χ1) is 14.7. The second-order valence-corrected chi connectivity index (χ2v) is 10.7. The highest BCUT2D eigenvalue weighted by Crippen LogP contribution is 2.60. The number of phosphoric ester groups is 1. The summed E-state index contributed by atoms with van der Waals surface area (Å²) in [5, 5.41) is 21.5. The standard InChI is InChI=1S/C13H17N2O14P3/c16-11-6-13(14-4-3-8-5-9(15(17)18)1-2-10(8)14)27-12(11)7-26-31(22,23)29-32(24,25)28-30(19,20)21/h1-5,11-13,16H,6-7H2,(H,22,23)(H,24,25)(H2,19,20,21)/p-4. The van der Waals surface area contributed by atoms with E-state index in [1.54, 1.807) is 6.07 Å². The second-order valence-electron chi connectivity index (χ2n) is 6.46. The van der Waals surface area contributed by atoms with Gasteiger partial charge in [0, 0.05) is 30.1 Å². The Morgan fingerprint density at radius 3 is 2.44 bits per heavy atom. The predicted octanol–water partition coefficient (Wildman–Crippen LogP) is -0.987. The minimum absolute atomic E-state index is 0.0441. The summed E-state index contributed by atoms with van der Waals surface area (Å²) in [5.74, 6) is 0. The molecule has 1 N–H and O–H groups in total. The molecule has 5 unspecified atom stereocenters. The summed E-state index contributed by atoms with van der Waals surface area (Å²) in [5.41, 5.74) is 0.390. The molecule has 1 aliphatic rings. The maximum Gasteiger partial charge on any atom is 0.278 e. The van der Waals surface area contributed by atoms with Crippen LogP contribution in [0.15, 0.2) is 30.5 Å². The molecular weight excluding hydrogens is 501 g/mol. The van der Waals surface area contributed by atoms with Crippen molar-refractivity contribution in [2.75, 3.05) is 6.61 Å². The van der Waals surface area contributed by atoms with E-state index in [9.17, 15) is 48.5 Å². The van der Waals surface area contributed by atoms with Gasteiger partial charge in [-0.15, -0.1) is 0 Å². The molecule has 3 rings (SSSR count). The Morgan fingerprint density at radius 1 is 1.12 bits per heavy atom. The van der Waals surface area contributed by atoms with Crippen molar-refractivity contribution in [1.82, 2.24) is 4.57 Å². The molecule has 0 bridgehead atoms. The lowest BCUT2D eigenvalue weighted by molar-refractivity contribution is -0.384. The van der Waals surface area contributed by atoms with Gasteiger partial charge in [0.15, 0.2) is 0 Å². The van der Waals surface area contributed by atoms with E-state index in [1.807, 2.05) is 0 Å². The molecule has 2 aromatic rings. The Labute approximate surface area is 178 Å². The molecule has 0 spiro atoms. The van der Waals surface area contributed by atoms with Gasteiger partial charge in [-0.3, -0.25) is 23.6 Å². The van der Waals surface area contributed by atoms with Gasteiger partial charge < -0.3 is 43.1 Å². The Morgan fingerprint density at radius 2 is 1.81 bits per heavy atom. The monoisotopic (exact) mass is 514 g/mol. The number of ether oxygens (including phenoxy) is 1. The summed E-state index contributed by atoms with van der Waals surface area (Å²) in [7, 11) is -17.9. The first-order valence-electron chi connectivity index (χ1n) is 8.46. The number of fused-ring (bicyclic) bond motifs is 1. The van der Waals surface area contributed by atoms with Crippen LogP contribution in [0.25, 0.3) is 10.9 Å². The number of non-ortho nitro benzene ring substituents is 1. The number of aromatic nitrogens is 1. The number of nitro groups is 1. The van der Waals surface area contributed by atoms with Gasteiger partial charge in [-0.25, -0.2) is 4.31 Å². The summed E-state index contributed by atoms with van der Waals surface area (Å²) in [6.45, 7) is -0.921. The van der Waals surface area contributed by atoms with Crippen LogP contribution in [0.2, 0.25) is 0 Å². The fourth-order valence-electron chi connectivity index (χ4n) is 3.00.